The van der Waals surface area contributed by atoms with Gasteiger partial charge in [0.15, 0.2) is 0 Å². The van der Waals surface area contributed by atoms with Crippen LogP contribution in [0.3, 0.4) is 0 Å². The number of hydrogen-bond acceptors (Lipinski definition) is 2. The summed E-state index contributed by atoms with van der Waals surface area (Å²) in [6.07, 6.45) is 10.1. The molecule has 0 aliphatic heterocycles. The van der Waals surface area contributed by atoms with Crippen LogP contribution in [0.2, 0.25) is 0 Å². The van der Waals surface area contributed by atoms with Gasteiger partial charge in [0.2, 0.25) is 0 Å². The van der Waals surface area contributed by atoms with E-state index in [4.69, 9.17) is 0 Å². The largest absolute Gasteiger partial charge is 0.311 e. The van der Waals surface area contributed by atoms with Gasteiger partial charge in [0.1, 0.15) is 0 Å². The second kappa shape index (κ2) is 7.00. The van der Waals surface area contributed by atoms with Crippen LogP contribution >= 0.6 is 0 Å². The molecule has 2 fully saturated rings. The summed E-state index contributed by atoms with van der Waals surface area (Å²) in [4.78, 5) is 2.83. The molecule has 124 valence electrons. The van der Waals surface area contributed by atoms with Crippen LogP contribution in [-0.2, 0) is 0 Å². The first kappa shape index (κ1) is 17.3. The Balaban J connectivity index is 1.99. The third-order valence-electron chi connectivity index (χ3n) is 5.11. The van der Waals surface area contributed by atoms with Crippen molar-refractivity contribution in [3.63, 3.8) is 0 Å². The minimum atomic E-state index is 0.243. The Morgan fingerprint density at radius 1 is 1.10 bits per heavy atom. The summed E-state index contributed by atoms with van der Waals surface area (Å²) < 4.78 is 0. The zero-order valence-electron chi connectivity index (χ0n) is 15.2. The summed E-state index contributed by atoms with van der Waals surface area (Å²) in [5.41, 5.74) is 0.774. The van der Waals surface area contributed by atoms with Crippen LogP contribution in [0.1, 0.15) is 79.6 Å². The minimum Gasteiger partial charge on any atom is -0.311 e. The predicted octanol–water partition coefficient (Wildman–Crippen LogP) is 4.45. The first-order valence-corrected chi connectivity index (χ1v) is 9.29. The van der Waals surface area contributed by atoms with Crippen molar-refractivity contribution in [3.8, 4) is 0 Å². The van der Waals surface area contributed by atoms with E-state index in [1.807, 2.05) is 0 Å². The lowest BCUT2D eigenvalue weighted by Crippen LogP contribution is -2.50. The fraction of sp³-hybridized carbons (Fsp3) is 1.00. The predicted molar refractivity (Wildman–Crippen MR) is 92.7 cm³/mol. The maximum absolute atomic E-state index is 3.82. The van der Waals surface area contributed by atoms with Crippen molar-refractivity contribution in [1.82, 2.24) is 10.2 Å². The van der Waals surface area contributed by atoms with Crippen molar-refractivity contribution in [2.75, 3.05) is 19.6 Å². The summed E-state index contributed by atoms with van der Waals surface area (Å²) in [6, 6.07) is 0.904. The molecule has 0 saturated heterocycles. The Morgan fingerprint density at radius 3 is 2.19 bits per heavy atom. The first-order valence-electron chi connectivity index (χ1n) is 9.29. The lowest BCUT2D eigenvalue weighted by molar-refractivity contribution is 0.0832. The fourth-order valence-electron chi connectivity index (χ4n) is 3.83. The van der Waals surface area contributed by atoms with Crippen molar-refractivity contribution in [1.29, 1.82) is 0 Å². The van der Waals surface area contributed by atoms with Gasteiger partial charge in [-0.1, -0.05) is 33.1 Å². The Kier molecular flexibility index (Phi) is 5.76. The van der Waals surface area contributed by atoms with Crippen molar-refractivity contribution >= 4 is 0 Å². The van der Waals surface area contributed by atoms with Crippen molar-refractivity contribution < 1.29 is 0 Å². The van der Waals surface area contributed by atoms with Gasteiger partial charge in [0.25, 0.3) is 0 Å². The van der Waals surface area contributed by atoms with Gasteiger partial charge in [-0.2, -0.15) is 0 Å². The van der Waals surface area contributed by atoms with Gasteiger partial charge in [-0.05, 0) is 57.8 Å². The zero-order chi connectivity index (χ0) is 15.5. The molecule has 0 radical (unpaired) electrons. The van der Waals surface area contributed by atoms with E-state index in [0.29, 0.717) is 5.41 Å². The molecule has 2 nitrogen and oxygen atoms in total. The molecular formula is C19H38N2. The van der Waals surface area contributed by atoms with E-state index >= 15 is 0 Å². The van der Waals surface area contributed by atoms with Crippen LogP contribution in [0.25, 0.3) is 0 Å². The van der Waals surface area contributed by atoms with Gasteiger partial charge in [0, 0.05) is 31.2 Å². The summed E-state index contributed by atoms with van der Waals surface area (Å²) in [6.45, 7) is 15.5. The Labute approximate surface area is 133 Å². The molecule has 2 aliphatic rings. The summed E-state index contributed by atoms with van der Waals surface area (Å²) >= 11 is 0. The highest BCUT2D eigenvalue weighted by molar-refractivity contribution is 4.94. The lowest BCUT2D eigenvalue weighted by Gasteiger charge is -2.43. The number of nitrogens with zero attached hydrogens (tertiary/aromatic N) is 1. The molecular weight excluding hydrogens is 256 g/mol. The molecule has 0 atom stereocenters. The number of nitrogens with one attached hydrogen (secondary N) is 1. The molecule has 0 aromatic carbocycles. The van der Waals surface area contributed by atoms with Gasteiger partial charge >= 0.3 is 0 Å². The molecule has 0 heterocycles. The van der Waals surface area contributed by atoms with Crippen LogP contribution in [0.5, 0.6) is 0 Å². The van der Waals surface area contributed by atoms with E-state index in [2.05, 4.69) is 44.8 Å². The average Bonchev–Trinajstić information content (AvgIpc) is 3.20. The maximum Gasteiger partial charge on any atom is 0.00967 e. The minimum absolute atomic E-state index is 0.243. The SMILES string of the molecule is CC(C)CN(CC1(CNC(C)(C)C)CCCCC1)C1CC1. The second-order valence-corrected chi connectivity index (χ2v) is 9.22. The van der Waals surface area contributed by atoms with Gasteiger partial charge in [-0.15, -0.1) is 0 Å². The lowest BCUT2D eigenvalue weighted by atomic mass is 9.73. The van der Waals surface area contributed by atoms with Gasteiger partial charge in [-0.3, -0.25) is 4.90 Å². The molecule has 0 amide bonds. The smallest absolute Gasteiger partial charge is 0.00967 e. The highest BCUT2D eigenvalue weighted by Crippen LogP contribution is 2.39. The van der Waals surface area contributed by atoms with E-state index in [-0.39, 0.29) is 5.54 Å². The monoisotopic (exact) mass is 294 g/mol. The molecule has 1 N–H and O–H groups in total. The fourth-order valence-corrected chi connectivity index (χ4v) is 3.83. The van der Waals surface area contributed by atoms with E-state index < -0.39 is 0 Å². The first-order chi connectivity index (χ1) is 9.80. The summed E-state index contributed by atoms with van der Waals surface area (Å²) in [5, 5.41) is 3.82. The molecule has 2 rings (SSSR count). The highest BCUT2D eigenvalue weighted by atomic mass is 15.2. The van der Waals surface area contributed by atoms with Gasteiger partial charge < -0.3 is 5.32 Å². The Hall–Kier alpha value is -0.0800. The third-order valence-corrected chi connectivity index (χ3v) is 5.11. The maximum atomic E-state index is 3.82. The summed E-state index contributed by atoms with van der Waals surface area (Å²) in [5.74, 6) is 0.793. The Morgan fingerprint density at radius 2 is 1.71 bits per heavy atom. The molecule has 0 unspecified atom stereocenters. The normalized spacial score (nSPS) is 23.0. The van der Waals surface area contributed by atoms with Crippen LogP contribution in [0.15, 0.2) is 0 Å². The molecule has 0 aromatic rings. The standard InChI is InChI=1S/C19H38N2/c1-16(2)13-21(17-9-10-17)15-19(11-7-6-8-12-19)14-20-18(3,4)5/h16-17,20H,6-15H2,1-5H3. The van der Waals surface area contributed by atoms with Crippen molar-refractivity contribution in [3.05, 3.63) is 0 Å². The molecule has 2 saturated carbocycles. The third kappa shape index (κ3) is 5.90. The Bertz CT molecular complexity index is 306. The van der Waals surface area contributed by atoms with E-state index in [1.165, 1.54) is 64.6 Å². The molecule has 0 aromatic heterocycles. The van der Waals surface area contributed by atoms with E-state index in [0.717, 1.165) is 12.0 Å². The molecule has 2 heteroatoms. The molecule has 2 aliphatic carbocycles. The molecule has 0 spiro atoms. The van der Waals surface area contributed by atoms with Crippen LogP contribution < -0.4 is 5.32 Å². The van der Waals surface area contributed by atoms with Crippen LogP contribution in [0.4, 0.5) is 0 Å². The second-order valence-electron chi connectivity index (χ2n) is 9.22. The van der Waals surface area contributed by atoms with Crippen molar-refractivity contribution in [2.45, 2.75) is 91.1 Å². The van der Waals surface area contributed by atoms with E-state index in [9.17, 15) is 0 Å². The summed E-state index contributed by atoms with van der Waals surface area (Å²) in [7, 11) is 0. The van der Waals surface area contributed by atoms with Crippen molar-refractivity contribution in [2.24, 2.45) is 11.3 Å². The van der Waals surface area contributed by atoms with Gasteiger partial charge in [-0.25, -0.2) is 0 Å². The number of hydrogen-bond donors (Lipinski definition) is 1. The quantitative estimate of drug-likeness (QED) is 0.746. The molecule has 0 bridgehead atoms. The zero-order valence-corrected chi connectivity index (χ0v) is 15.2. The average molecular weight is 295 g/mol. The van der Waals surface area contributed by atoms with Crippen LogP contribution in [0, 0.1) is 11.3 Å². The van der Waals surface area contributed by atoms with Gasteiger partial charge in [0.05, 0.1) is 0 Å². The highest BCUT2D eigenvalue weighted by Gasteiger charge is 2.39. The topological polar surface area (TPSA) is 15.3 Å². The molecule has 21 heavy (non-hydrogen) atoms. The van der Waals surface area contributed by atoms with E-state index in [1.54, 1.807) is 0 Å². The van der Waals surface area contributed by atoms with Crippen LogP contribution in [-0.4, -0.2) is 36.1 Å². The number of rotatable bonds is 7.